The molecule has 1 aromatic heterocycles. The van der Waals surface area contributed by atoms with Crippen LogP contribution in [0.25, 0.3) is 0 Å². The van der Waals surface area contributed by atoms with E-state index in [1.807, 2.05) is 0 Å². The molecule has 2 aromatic rings. The Kier molecular flexibility index (Phi) is 4.09. The second-order valence-electron chi connectivity index (χ2n) is 3.82. The molecule has 0 fully saturated rings. The molecular weight excluding hydrogens is 331 g/mol. The Hall–Kier alpha value is -2.28. The molecule has 7 heteroatoms. The lowest BCUT2D eigenvalue weighted by Crippen LogP contribution is -2.14. The number of aromatic nitrogens is 1. The number of carboxylic acid groups (broad SMARTS) is 1. The number of carbonyl (C=O) groups excluding carboxylic acids is 1. The lowest BCUT2D eigenvalue weighted by atomic mass is 10.2. The summed E-state index contributed by atoms with van der Waals surface area (Å²) < 4.78 is 13.3. The van der Waals surface area contributed by atoms with Crippen LogP contribution in [0, 0.1) is 5.82 Å². The zero-order valence-electron chi connectivity index (χ0n) is 9.93. The van der Waals surface area contributed by atoms with E-state index >= 15 is 0 Å². The summed E-state index contributed by atoms with van der Waals surface area (Å²) in [5, 5.41) is 11.3. The van der Waals surface area contributed by atoms with Gasteiger partial charge in [0.05, 0.1) is 10.0 Å². The largest absolute Gasteiger partial charge is 0.478 e. The number of hydrogen-bond acceptors (Lipinski definition) is 3. The molecule has 20 heavy (non-hydrogen) atoms. The van der Waals surface area contributed by atoms with Gasteiger partial charge < -0.3 is 10.4 Å². The van der Waals surface area contributed by atoms with Gasteiger partial charge in [-0.1, -0.05) is 0 Å². The maximum absolute atomic E-state index is 13.1. The molecule has 0 saturated carbocycles. The number of carbonyl (C=O) groups is 2. The molecule has 0 aliphatic carbocycles. The predicted molar refractivity (Wildman–Crippen MR) is 73.2 cm³/mol. The average Bonchev–Trinajstić information content (AvgIpc) is 2.43. The van der Waals surface area contributed by atoms with Crippen LogP contribution in [0.3, 0.4) is 0 Å². The number of nitrogens with zero attached hydrogens (tertiary/aromatic N) is 1. The molecule has 0 atom stereocenters. The van der Waals surface area contributed by atoms with Gasteiger partial charge in [-0.2, -0.15) is 0 Å². The predicted octanol–water partition coefficient (Wildman–Crippen LogP) is 2.93. The minimum atomic E-state index is -1.12. The van der Waals surface area contributed by atoms with Crippen molar-refractivity contribution in [3.63, 3.8) is 0 Å². The van der Waals surface area contributed by atoms with Gasteiger partial charge in [0, 0.05) is 11.9 Å². The summed E-state index contributed by atoms with van der Waals surface area (Å²) in [6, 6.07) is 6.62. The molecule has 1 heterocycles. The number of pyridine rings is 1. The molecule has 2 N–H and O–H groups in total. The summed E-state index contributed by atoms with van der Waals surface area (Å²) in [4.78, 5) is 26.3. The third-order valence-electron chi connectivity index (χ3n) is 2.42. The van der Waals surface area contributed by atoms with Gasteiger partial charge in [-0.3, -0.25) is 9.78 Å². The summed E-state index contributed by atoms with van der Waals surface area (Å²) in [7, 11) is 0. The summed E-state index contributed by atoms with van der Waals surface area (Å²) in [6.07, 6.45) is 1.10. The van der Waals surface area contributed by atoms with Gasteiger partial charge in [-0.05, 0) is 46.3 Å². The first-order chi connectivity index (χ1) is 9.47. The summed E-state index contributed by atoms with van der Waals surface area (Å²) in [6.45, 7) is 0. The van der Waals surface area contributed by atoms with E-state index in [0.717, 1.165) is 6.20 Å². The lowest BCUT2D eigenvalue weighted by molar-refractivity contribution is 0.0696. The van der Waals surface area contributed by atoms with Crippen molar-refractivity contribution in [2.45, 2.75) is 0 Å². The molecule has 102 valence electrons. The minimum Gasteiger partial charge on any atom is -0.478 e. The highest BCUT2D eigenvalue weighted by molar-refractivity contribution is 9.10. The van der Waals surface area contributed by atoms with Crippen molar-refractivity contribution in [1.82, 2.24) is 4.98 Å². The lowest BCUT2D eigenvalue weighted by Gasteiger charge is -2.05. The van der Waals surface area contributed by atoms with E-state index in [4.69, 9.17) is 5.11 Å². The highest BCUT2D eigenvalue weighted by atomic mass is 79.9. The van der Waals surface area contributed by atoms with Crippen LogP contribution in [-0.4, -0.2) is 22.0 Å². The summed E-state index contributed by atoms with van der Waals surface area (Å²) in [5.74, 6) is -2.07. The van der Waals surface area contributed by atoms with Gasteiger partial charge in [0.2, 0.25) is 0 Å². The Morgan fingerprint density at radius 2 is 2.00 bits per heavy atom. The third-order valence-corrected chi connectivity index (χ3v) is 3.03. The molecular formula is C13H8BrFN2O3. The monoisotopic (exact) mass is 338 g/mol. The Bertz CT molecular complexity index is 674. The second-order valence-corrected chi connectivity index (χ2v) is 4.67. The van der Waals surface area contributed by atoms with Gasteiger partial charge in [0.15, 0.2) is 0 Å². The van der Waals surface area contributed by atoms with Crippen LogP contribution in [0.2, 0.25) is 0 Å². The van der Waals surface area contributed by atoms with Crippen molar-refractivity contribution < 1.29 is 19.1 Å². The van der Waals surface area contributed by atoms with Gasteiger partial charge >= 0.3 is 5.97 Å². The van der Waals surface area contributed by atoms with Crippen LogP contribution in [0.4, 0.5) is 10.1 Å². The maximum Gasteiger partial charge on any atom is 0.337 e. The van der Waals surface area contributed by atoms with Crippen molar-refractivity contribution in [2.24, 2.45) is 0 Å². The number of aromatic carboxylic acids is 1. The molecule has 0 spiro atoms. The minimum absolute atomic E-state index is 0.00826. The van der Waals surface area contributed by atoms with Crippen molar-refractivity contribution in [2.75, 3.05) is 5.32 Å². The average molecular weight is 339 g/mol. The van der Waals surface area contributed by atoms with Crippen LogP contribution in [0.1, 0.15) is 20.8 Å². The molecule has 0 aliphatic rings. The fourth-order valence-electron chi connectivity index (χ4n) is 1.42. The Morgan fingerprint density at radius 3 is 2.55 bits per heavy atom. The van der Waals surface area contributed by atoms with Crippen LogP contribution in [-0.2, 0) is 0 Å². The molecule has 0 unspecified atom stereocenters. The highest BCUT2D eigenvalue weighted by Gasteiger charge is 2.10. The SMILES string of the molecule is O=C(O)c1ccc(C(=O)Nc2ccc(F)c(Br)c2)nc1. The maximum atomic E-state index is 13.1. The Balaban J connectivity index is 2.15. The van der Waals surface area contributed by atoms with Crippen LogP contribution in [0.5, 0.6) is 0 Å². The van der Waals surface area contributed by atoms with E-state index in [-0.39, 0.29) is 15.7 Å². The van der Waals surface area contributed by atoms with Crippen molar-refractivity contribution >= 4 is 33.5 Å². The number of benzene rings is 1. The number of nitrogens with one attached hydrogen (secondary N) is 1. The quantitative estimate of drug-likeness (QED) is 0.901. The molecule has 5 nitrogen and oxygen atoms in total. The molecule has 1 amide bonds. The zero-order chi connectivity index (χ0) is 14.7. The Labute approximate surface area is 121 Å². The number of hydrogen-bond donors (Lipinski definition) is 2. The smallest absolute Gasteiger partial charge is 0.337 e. The molecule has 2 rings (SSSR count). The number of anilines is 1. The van der Waals surface area contributed by atoms with Crippen molar-refractivity contribution in [3.05, 3.63) is 58.1 Å². The van der Waals surface area contributed by atoms with E-state index in [2.05, 4.69) is 26.2 Å². The highest BCUT2D eigenvalue weighted by Crippen LogP contribution is 2.20. The molecule has 0 saturated heterocycles. The Morgan fingerprint density at radius 1 is 1.25 bits per heavy atom. The standard InChI is InChI=1S/C13H8BrFN2O3/c14-9-5-8(2-3-10(9)15)17-12(18)11-4-1-7(6-16-11)13(19)20/h1-6H,(H,17,18)(H,19,20). The van der Waals surface area contributed by atoms with E-state index in [9.17, 15) is 14.0 Å². The number of halogens is 2. The third kappa shape index (κ3) is 3.18. The first-order valence-corrected chi connectivity index (χ1v) is 6.22. The van der Waals surface area contributed by atoms with Gasteiger partial charge in [-0.15, -0.1) is 0 Å². The summed E-state index contributed by atoms with van der Waals surface area (Å²) in [5.41, 5.74) is 0.453. The van der Waals surface area contributed by atoms with E-state index in [0.29, 0.717) is 5.69 Å². The van der Waals surface area contributed by atoms with Crippen LogP contribution in [0.15, 0.2) is 41.0 Å². The van der Waals surface area contributed by atoms with Gasteiger partial charge in [0.25, 0.3) is 5.91 Å². The van der Waals surface area contributed by atoms with E-state index < -0.39 is 17.7 Å². The van der Waals surface area contributed by atoms with Crippen molar-refractivity contribution in [3.8, 4) is 0 Å². The zero-order valence-corrected chi connectivity index (χ0v) is 11.5. The molecule has 1 aromatic carbocycles. The van der Waals surface area contributed by atoms with E-state index in [1.165, 1.54) is 30.3 Å². The first kappa shape index (κ1) is 14.1. The van der Waals surface area contributed by atoms with Crippen LogP contribution >= 0.6 is 15.9 Å². The number of carboxylic acids is 1. The van der Waals surface area contributed by atoms with Gasteiger partial charge in [0.1, 0.15) is 11.5 Å². The number of rotatable bonds is 3. The van der Waals surface area contributed by atoms with E-state index in [1.54, 1.807) is 0 Å². The van der Waals surface area contributed by atoms with Gasteiger partial charge in [-0.25, -0.2) is 9.18 Å². The fourth-order valence-corrected chi connectivity index (χ4v) is 1.80. The topological polar surface area (TPSA) is 79.3 Å². The molecule has 0 aliphatic heterocycles. The second kappa shape index (κ2) is 5.79. The van der Waals surface area contributed by atoms with Crippen LogP contribution < -0.4 is 5.32 Å². The fraction of sp³-hybridized carbons (Fsp3) is 0. The molecule has 0 bridgehead atoms. The number of amides is 1. The summed E-state index contributed by atoms with van der Waals surface area (Å²) >= 11 is 3.01. The first-order valence-electron chi connectivity index (χ1n) is 5.43. The normalized spacial score (nSPS) is 10.1. The van der Waals surface area contributed by atoms with Crippen molar-refractivity contribution in [1.29, 1.82) is 0 Å². The molecule has 0 radical (unpaired) electrons.